The molecule has 2 amide bonds. The number of rotatable bonds is 5. The van der Waals surface area contributed by atoms with Gasteiger partial charge < -0.3 is 15.0 Å². The van der Waals surface area contributed by atoms with Gasteiger partial charge >= 0.3 is 12.0 Å². The molecule has 6 nitrogen and oxygen atoms in total. The number of nitrogens with one attached hydrogen (secondary N) is 1. The molecule has 1 unspecified atom stereocenters. The van der Waals surface area contributed by atoms with Crippen LogP contribution in [0, 0.1) is 0 Å². The Morgan fingerprint density at radius 2 is 1.83 bits per heavy atom. The third-order valence-electron chi connectivity index (χ3n) is 2.89. The summed E-state index contributed by atoms with van der Waals surface area (Å²) < 4.78 is 4.64. The molecular formula is C12H20N2O4. The Labute approximate surface area is 107 Å². The standard InChI is InChI=1S/C12H20N2O4/c1-3-9(10(15)11(16)18-4-2)13-12(17)14-7-5-6-8-14/h9H,3-8H2,1-2H3,(H,13,17). The number of Topliss-reactive ketones (excluding diaryl/α,β-unsaturated/α-hetero) is 1. The Morgan fingerprint density at radius 1 is 1.22 bits per heavy atom. The highest BCUT2D eigenvalue weighted by Gasteiger charge is 2.28. The molecule has 1 heterocycles. The van der Waals surface area contributed by atoms with E-state index >= 15 is 0 Å². The van der Waals surface area contributed by atoms with Gasteiger partial charge in [-0.1, -0.05) is 6.92 Å². The third kappa shape index (κ3) is 3.72. The lowest BCUT2D eigenvalue weighted by Gasteiger charge is -2.20. The number of amides is 2. The number of carbonyl (C=O) groups excluding carboxylic acids is 3. The first-order valence-corrected chi connectivity index (χ1v) is 6.36. The number of ether oxygens (including phenoxy) is 1. The van der Waals surface area contributed by atoms with Gasteiger partial charge in [-0.25, -0.2) is 9.59 Å². The van der Waals surface area contributed by atoms with E-state index in [9.17, 15) is 14.4 Å². The number of esters is 1. The maximum atomic E-state index is 11.8. The average Bonchev–Trinajstić information content (AvgIpc) is 2.89. The van der Waals surface area contributed by atoms with Gasteiger partial charge in [0.1, 0.15) is 6.04 Å². The minimum atomic E-state index is -0.883. The van der Waals surface area contributed by atoms with Gasteiger partial charge in [-0.3, -0.25) is 4.79 Å². The second-order valence-electron chi connectivity index (χ2n) is 4.19. The number of ketones is 1. The van der Waals surface area contributed by atoms with Crippen LogP contribution in [0.3, 0.4) is 0 Å². The van der Waals surface area contributed by atoms with Gasteiger partial charge in [0.05, 0.1) is 6.61 Å². The number of hydrogen-bond acceptors (Lipinski definition) is 4. The molecule has 1 saturated heterocycles. The van der Waals surface area contributed by atoms with E-state index in [1.807, 2.05) is 0 Å². The summed E-state index contributed by atoms with van der Waals surface area (Å²) in [7, 11) is 0. The Hall–Kier alpha value is -1.59. The second kappa shape index (κ2) is 6.98. The third-order valence-corrected chi connectivity index (χ3v) is 2.89. The average molecular weight is 256 g/mol. The SMILES string of the molecule is CCOC(=O)C(=O)C(CC)NC(=O)N1CCCC1. The van der Waals surface area contributed by atoms with Crippen molar-refractivity contribution < 1.29 is 19.1 Å². The molecule has 0 saturated carbocycles. The fourth-order valence-electron chi connectivity index (χ4n) is 1.86. The molecule has 0 radical (unpaired) electrons. The molecule has 6 heteroatoms. The van der Waals surface area contributed by atoms with Crippen LogP contribution in [0.2, 0.25) is 0 Å². The van der Waals surface area contributed by atoms with Crippen molar-refractivity contribution in [2.24, 2.45) is 0 Å². The van der Waals surface area contributed by atoms with Gasteiger partial charge in [-0.05, 0) is 26.2 Å². The van der Waals surface area contributed by atoms with E-state index in [1.165, 1.54) is 0 Å². The topological polar surface area (TPSA) is 75.7 Å². The van der Waals surface area contributed by atoms with E-state index in [0.29, 0.717) is 19.5 Å². The Kier molecular flexibility index (Phi) is 5.61. The molecule has 1 atom stereocenters. The normalized spacial score (nSPS) is 16.2. The fraction of sp³-hybridized carbons (Fsp3) is 0.750. The van der Waals surface area contributed by atoms with Crippen molar-refractivity contribution in [2.45, 2.75) is 39.2 Å². The molecule has 1 aliphatic rings. The summed E-state index contributed by atoms with van der Waals surface area (Å²) in [5.74, 6) is -1.57. The molecule has 0 aromatic rings. The summed E-state index contributed by atoms with van der Waals surface area (Å²) in [6, 6.07) is -1.07. The van der Waals surface area contributed by atoms with Gasteiger partial charge in [-0.2, -0.15) is 0 Å². The molecule has 102 valence electrons. The zero-order valence-corrected chi connectivity index (χ0v) is 10.9. The molecule has 1 fully saturated rings. The van der Waals surface area contributed by atoms with Crippen molar-refractivity contribution in [1.82, 2.24) is 10.2 Å². The first-order chi connectivity index (χ1) is 8.60. The number of urea groups is 1. The summed E-state index contributed by atoms with van der Waals surface area (Å²) in [4.78, 5) is 36.5. The molecular weight excluding hydrogens is 236 g/mol. The summed E-state index contributed by atoms with van der Waals surface area (Å²) in [6.45, 7) is 4.94. The number of carbonyl (C=O) groups is 3. The molecule has 0 bridgehead atoms. The molecule has 1 N–H and O–H groups in total. The number of hydrogen-bond donors (Lipinski definition) is 1. The maximum absolute atomic E-state index is 11.8. The minimum Gasteiger partial charge on any atom is -0.460 e. The van der Waals surface area contributed by atoms with Crippen LogP contribution in [0.25, 0.3) is 0 Å². The van der Waals surface area contributed by atoms with E-state index in [1.54, 1.807) is 18.7 Å². The molecule has 0 aliphatic carbocycles. The van der Waals surface area contributed by atoms with Crippen LogP contribution in [-0.4, -0.2) is 48.4 Å². The lowest BCUT2D eigenvalue weighted by molar-refractivity contribution is -0.154. The van der Waals surface area contributed by atoms with Crippen molar-refractivity contribution in [3.63, 3.8) is 0 Å². The van der Waals surface area contributed by atoms with Crippen molar-refractivity contribution in [3.8, 4) is 0 Å². The second-order valence-corrected chi connectivity index (χ2v) is 4.19. The number of likely N-dealkylation sites (tertiary alicyclic amines) is 1. The Balaban J connectivity index is 2.52. The highest BCUT2D eigenvalue weighted by Crippen LogP contribution is 2.08. The predicted molar refractivity (Wildman–Crippen MR) is 65.1 cm³/mol. The van der Waals surface area contributed by atoms with E-state index in [4.69, 9.17) is 0 Å². The first-order valence-electron chi connectivity index (χ1n) is 6.36. The lowest BCUT2D eigenvalue weighted by Crippen LogP contribution is -2.48. The van der Waals surface area contributed by atoms with Crippen LogP contribution in [0.15, 0.2) is 0 Å². The van der Waals surface area contributed by atoms with Gasteiger partial charge in [0.15, 0.2) is 0 Å². The Bertz CT molecular complexity index is 324. The van der Waals surface area contributed by atoms with Crippen LogP contribution in [0.4, 0.5) is 4.79 Å². The van der Waals surface area contributed by atoms with E-state index in [0.717, 1.165) is 12.8 Å². The quantitative estimate of drug-likeness (QED) is 0.580. The van der Waals surface area contributed by atoms with Crippen LogP contribution in [0.5, 0.6) is 0 Å². The van der Waals surface area contributed by atoms with Crippen molar-refractivity contribution in [3.05, 3.63) is 0 Å². The highest BCUT2D eigenvalue weighted by atomic mass is 16.5. The van der Waals surface area contributed by atoms with Gasteiger partial charge in [0.25, 0.3) is 5.78 Å². The van der Waals surface area contributed by atoms with Crippen LogP contribution >= 0.6 is 0 Å². The molecule has 1 rings (SSSR count). The van der Waals surface area contributed by atoms with E-state index in [-0.39, 0.29) is 12.6 Å². The summed E-state index contributed by atoms with van der Waals surface area (Å²) in [5.41, 5.74) is 0. The van der Waals surface area contributed by atoms with Crippen LogP contribution < -0.4 is 5.32 Å². The van der Waals surface area contributed by atoms with Crippen molar-refractivity contribution >= 4 is 17.8 Å². The molecule has 18 heavy (non-hydrogen) atoms. The van der Waals surface area contributed by atoms with Crippen LogP contribution in [-0.2, 0) is 14.3 Å². The smallest absolute Gasteiger partial charge is 0.376 e. The molecule has 0 aromatic carbocycles. The zero-order valence-electron chi connectivity index (χ0n) is 10.9. The van der Waals surface area contributed by atoms with Crippen molar-refractivity contribution in [1.29, 1.82) is 0 Å². The zero-order chi connectivity index (χ0) is 13.5. The fourth-order valence-corrected chi connectivity index (χ4v) is 1.86. The summed E-state index contributed by atoms with van der Waals surface area (Å²) in [6.07, 6.45) is 2.34. The van der Waals surface area contributed by atoms with Gasteiger partial charge in [0, 0.05) is 13.1 Å². The predicted octanol–water partition coefficient (Wildman–Crippen LogP) is 0.703. The number of nitrogens with zero attached hydrogens (tertiary/aromatic N) is 1. The van der Waals surface area contributed by atoms with Gasteiger partial charge in [0.2, 0.25) is 0 Å². The lowest BCUT2D eigenvalue weighted by atomic mass is 10.1. The van der Waals surface area contributed by atoms with Gasteiger partial charge in [-0.15, -0.1) is 0 Å². The largest absolute Gasteiger partial charge is 0.460 e. The van der Waals surface area contributed by atoms with E-state index < -0.39 is 17.8 Å². The van der Waals surface area contributed by atoms with Crippen molar-refractivity contribution in [2.75, 3.05) is 19.7 Å². The molecule has 1 aliphatic heterocycles. The summed E-state index contributed by atoms with van der Waals surface area (Å²) in [5, 5.41) is 2.58. The van der Waals surface area contributed by atoms with E-state index in [2.05, 4.69) is 10.1 Å². The maximum Gasteiger partial charge on any atom is 0.376 e. The Morgan fingerprint density at radius 3 is 2.33 bits per heavy atom. The molecule has 0 aromatic heterocycles. The molecule has 0 spiro atoms. The monoisotopic (exact) mass is 256 g/mol. The summed E-state index contributed by atoms with van der Waals surface area (Å²) >= 11 is 0. The first kappa shape index (κ1) is 14.5. The van der Waals surface area contributed by atoms with Crippen LogP contribution in [0.1, 0.15) is 33.1 Å². The minimum absolute atomic E-state index is 0.154. The highest BCUT2D eigenvalue weighted by molar-refractivity contribution is 6.36.